The molecule has 0 aliphatic carbocycles. The summed E-state index contributed by atoms with van der Waals surface area (Å²) < 4.78 is 1.51. The standard InChI is InChI=1S/C12H13Cl2N5OS/c1-7(8-3-4-9(13)10(14)5-8)15-11(20)6-21-12-16-17-18-19(12)2/h3-5,7H,6H2,1-2H3,(H,15,20)/t7-/m0/s1. The Balaban J connectivity index is 1.89. The number of halogens is 2. The Kier molecular flexibility index (Phi) is 5.44. The minimum absolute atomic E-state index is 0.110. The van der Waals surface area contributed by atoms with Crippen LogP contribution in [0.15, 0.2) is 23.4 Å². The van der Waals surface area contributed by atoms with Gasteiger partial charge in [-0.3, -0.25) is 4.79 Å². The van der Waals surface area contributed by atoms with Crippen LogP contribution in [0.4, 0.5) is 0 Å². The highest BCUT2D eigenvalue weighted by Gasteiger charge is 2.12. The molecule has 1 aromatic heterocycles. The van der Waals surface area contributed by atoms with Crippen LogP contribution in [0.3, 0.4) is 0 Å². The van der Waals surface area contributed by atoms with Gasteiger partial charge in [-0.15, -0.1) is 5.10 Å². The molecule has 6 nitrogen and oxygen atoms in total. The first kappa shape index (κ1) is 16.1. The molecule has 2 rings (SSSR count). The van der Waals surface area contributed by atoms with Crippen molar-refractivity contribution in [3.8, 4) is 0 Å². The molecule has 1 aromatic carbocycles. The van der Waals surface area contributed by atoms with Crippen molar-refractivity contribution < 1.29 is 4.79 Å². The minimum atomic E-state index is -0.162. The van der Waals surface area contributed by atoms with Gasteiger partial charge in [-0.05, 0) is 35.0 Å². The summed E-state index contributed by atoms with van der Waals surface area (Å²) in [5.41, 5.74) is 0.892. The second kappa shape index (κ2) is 7.11. The van der Waals surface area contributed by atoms with E-state index in [4.69, 9.17) is 23.2 Å². The second-order valence-electron chi connectivity index (χ2n) is 4.34. The first-order chi connectivity index (χ1) is 9.97. The van der Waals surface area contributed by atoms with Gasteiger partial charge in [0.1, 0.15) is 0 Å². The lowest BCUT2D eigenvalue weighted by molar-refractivity contribution is -0.119. The highest BCUT2D eigenvalue weighted by molar-refractivity contribution is 7.99. The van der Waals surface area contributed by atoms with E-state index in [0.717, 1.165) is 5.56 Å². The Morgan fingerprint density at radius 2 is 2.19 bits per heavy atom. The number of rotatable bonds is 5. The molecule has 1 atom stereocenters. The maximum Gasteiger partial charge on any atom is 0.230 e. The van der Waals surface area contributed by atoms with Crippen molar-refractivity contribution in [2.24, 2.45) is 7.05 Å². The van der Waals surface area contributed by atoms with E-state index in [-0.39, 0.29) is 17.7 Å². The third-order valence-corrected chi connectivity index (χ3v) is 4.48. The molecule has 0 saturated heterocycles. The highest BCUT2D eigenvalue weighted by atomic mass is 35.5. The molecule has 21 heavy (non-hydrogen) atoms. The van der Waals surface area contributed by atoms with Crippen LogP contribution in [-0.2, 0) is 11.8 Å². The average molecular weight is 346 g/mol. The molecule has 112 valence electrons. The molecule has 1 heterocycles. The summed E-state index contributed by atoms with van der Waals surface area (Å²) in [7, 11) is 1.72. The van der Waals surface area contributed by atoms with Crippen LogP contribution in [-0.4, -0.2) is 31.9 Å². The summed E-state index contributed by atoms with van der Waals surface area (Å²) in [4.78, 5) is 11.9. The Morgan fingerprint density at radius 3 is 2.81 bits per heavy atom. The molecule has 0 bridgehead atoms. The lowest BCUT2D eigenvalue weighted by Crippen LogP contribution is -2.28. The smallest absolute Gasteiger partial charge is 0.230 e. The molecule has 0 fully saturated rings. The summed E-state index contributed by atoms with van der Waals surface area (Å²) in [5, 5.41) is 15.4. The average Bonchev–Trinajstić information content (AvgIpc) is 2.85. The Hall–Kier alpha value is -1.31. The van der Waals surface area contributed by atoms with E-state index in [1.54, 1.807) is 19.2 Å². The molecular formula is C12H13Cl2N5OS. The summed E-state index contributed by atoms with van der Waals surface area (Å²) in [6.07, 6.45) is 0. The largest absolute Gasteiger partial charge is 0.349 e. The Morgan fingerprint density at radius 1 is 1.43 bits per heavy atom. The monoisotopic (exact) mass is 345 g/mol. The molecule has 1 amide bonds. The molecule has 0 unspecified atom stereocenters. The normalized spacial score (nSPS) is 12.2. The number of nitrogens with one attached hydrogen (secondary N) is 1. The summed E-state index contributed by atoms with van der Waals surface area (Å²) in [5.74, 6) is 0.126. The number of aryl methyl sites for hydroxylation is 1. The molecule has 2 aromatic rings. The van der Waals surface area contributed by atoms with E-state index < -0.39 is 0 Å². The van der Waals surface area contributed by atoms with Crippen LogP contribution in [0.5, 0.6) is 0 Å². The van der Waals surface area contributed by atoms with E-state index in [9.17, 15) is 4.79 Å². The van der Waals surface area contributed by atoms with Gasteiger partial charge >= 0.3 is 0 Å². The zero-order valence-corrected chi connectivity index (χ0v) is 13.7. The van der Waals surface area contributed by atoms with Gasteiger partial charge in [0.2, 0.25) is 11.1 Å². The number of aromatic nitrogens is 4. The maximum absolute atomic E-state index is 11.9. The number of nitrogens with zero attached hydrogens (tertiary/aromatic N) is 4. The third-order valence-electron chi connectivity index (χ3n) is 2.73. The molecule has 0 aliphatic rings. The SMILES string of the molecule is C[C@H](NC(=O)CSc1nnnn1C)c1ccc(Cl)c(Cl)c1. The van der Waals surface area contributed by atoms with Crippen molar-refractivity contribution in [3.05, 3.63) is 33.8 Å². The van der Waals surface area contributed by atoms with Crippen molar-refractivity contribution in [3.63, 3.8) is 0 Å². The molecule has 0 saturated carbocycles. The van der Waals surface area contributed by atoms with Crippen LogP contribution in [0.2, 0.25) is 10.0 Å². The van der Waals surface area contributed by atoms with Crippen LogP contribution in [0.25, 0.3) is 0 Å². The fourth-order valence-corrected chi connectivity index (χ4v) is 2.59. The van der Waals surface area contributed by atoms with Crippen LogP contribution in [0.1, 0.15) is 18.5 Å². The quantitative estimate of drug-likeness (QED) is 0.842. The van der Waals surface area contributed by atoms with Gasteiger partial charge in [0.15, 0.2) is 0 Å². The van der Waals surface area contributed by atoms with Gasteiger partial charge in [0.05, 0.1) is 21.8 Å². The lowest BCUT2D eigenvalue weighted by Gasteiger charge is -2.14. The zero-order chi connectivity index (χ0) is 15.4. The number of thioether (sulfide) groups is 1. The van der Waals surface area contributed by atoms with Crippen LogP contribution in [0, 0.1) is 0 Å². The second-order valence-corrected chi connectivity index (χ2v) is 6.09. The zero-order valence-electron chi connectivity index (χ0n) is 11.4. The first-order valence-electron chi connectivity index (χ1n) is 6.07. The Labute approximate surface area is 136 Å². The number of carbonyl (C=O) groups excluding carboxylic acids is 1. The number of tetrazole rings is 1. The molecule has 0 aliphatic heterocycles. The fraction of sp³-hybridized carbons (Fsp3) is 0.333. The molecule has 1 N–H and O–H groups in total. The van der Waals surface area contributed by atoms with Crippen molar-refractivity contribution in [1.29, 1.82) is 0 Å². The number of carbonyl (C=O) groups is 1. The minimum Gasteiger partial charge on any atom is -0.349 e. The predicted octanol–water partition coefficient (Wildman–Crippen LogP) is 2.49. The van der Waals surface area contributed by atoms with E-state index in [0.29, 0.717) is 15.2 Å². The predicted molar refractivity (Wildman–Crippen MR) is 82.5 cm³/mol. The van der Waals surface area contributed by atoms with E-state index >= 15 is 0 Å². The molecule has 0 spiro atoms. The number of amides is 1. The van der Waals surface area contributed by atoms with E-state index in [2.05, 4.69) is 20.8 Å². The van der Waals surface area contributed by atoms with E-state index in [1.165, 1.54) is 16.4 Å². The summed E-state index contributed by atoms with van der Waals surface area (Å²) >= 11 is 13.1. The maximum atomic E-state index is 11.9. The van der Waals surface area contributed by atoms with Crippen molar-refractivity contribution in [2.45, 2.75) is 18.1 Å². The van der Waals surface area contributed by atoms with Crippen molar-refractivity contribution in [1.82, 2.24) is 25.5 Å². The topological polar surface area (TPSA) is 72.7 Å². The highest BCUT2D eigenvalue weighted by Crippen LogP contribution is 2.25. The third kappa shape index (κ3) is 4.33. The van der Waals surface area contributed by atoms with Gasteiger partial charge in [0.25, 0.3) is 0 Å². The van der Waals surface area contributed by atoms with Crippen molar-refractivity contribution in [2.75, 3.05) is 5.75 Å². The lowest BCUT2D eigenvalue weighted by atomic mass is 10.1. The number of benzene rings is 1. The van der Waals surface area contributed by atoms with Crippen molar-refractivity contribution >= 4 is 40.9 Å². The van der Waals surface area contributed by atoms with Gasteiger partial charge in [-0.1, -0.05) is 41.0 Å². The first-order valence-corrected chi connectivity index (χ1v) is 7.81. The molecule has 9 heteroatoms. The summed E-state index contributed by atoms with van der Waals surface area (Å²) in [6, 6.07) is 5.13. The fourth-order valence-electron chi connectivity index (χ4n) is 1.62. The van der Waals surface area contributed by atoms with Gasteiger partial charge in [0, 0.05) is 7.05 Å². The van der Waals surface area contributed by atoms with E-state index in [1.807, 2.05) is 13.0 Å². The molecular weight excluding hydrogens is 333 g/mol. The van der Waals surface area contributed by atoms with Crippen LogP contribution < -0.4 is 5.32 Å². The number of hydrogen-bond donors (Lipinski definition) is 1. The van der Waals surface area contributed by atoms with Gasteiger partial charge in [-0.2, -0.15) is 0 Å². The van der Waals surface area contributed by atoms with Gasteiger partial charge in [-0.25, -0.2) is 4.68 Å². The van der Waals surface area contributed by atoms with Gasteiger partial charge < -0.3 is 5.32 Å². The van der Waals surface area contributed by atoms with Crippen LogP contribution >= 0.6 is 35.0 Å². The number of hydrogen-bond acceptors (Lipinski definition) is 5. The summed E-state index contributed by atoms with van der Waals surface area (Å²) in [6.45, 7) is 1.88. The Bertz CT molecular complexity index is 648. The molecule has 0 radical (unpaired) electrons.